The van der Waals surface area contributed by atoms with Crippen LogP contribution in [0.2, 0.25) is 5.02 Å². The first-order chi connectivity index (χ1) is 9.42. The maximum atomic E-state index is 11.6. The number of benzene rings is 1. The van der Waals surface area contributed by atoms with Crippen molar-refractivity contribution in [2.45, 2.75) is 19.5 Å². The lowest BCUT2D eigenvalue weighted by atomic mass is 10.2. The number of esters is 1. The van der Waals surface area contributed by atoms with E-state index in [0.717, 1.165) is 5.56 Å². The van der Waals surface area contributed by atoms with E-state index in [4.69, 9.17) is 11.6 Å². The summed E-state index contributed by atoms with van der Waals surface area (Å²) >= 11 is 5.93. The van der Waals surface area contributed by atoms with Crippen molar-refractivity contribution in [2.75, 3.05) is 20.7 Å². The Balaban J connectivity index is 2.63. The number of nitrogens with one attached hydrogen (secondary N) is 1. The third kappa shape index (κ3) is 5.59. The van der Waals surface area contributed by atoms with Gasteiger partial charge in [0, 0.05) is 25.0 Å². The summed E-state index contributed by atoms with van der Waals surface area (Å²) in [5, 5.41) is 3.25. The van der Waals surface area contributed by atoms with E-state index < -0.39 is 12.0 Å². The molecule has 20 heavy (non-hydrogen) atoms. The Morgan fingerprint density at radius 3 is 2.70 bits per heavy atom. The van der Waals surface area contributed by atoms with Crippen LogP contribution in [0.3, 0.4) is 0 Å². The maximum absolute atomic E-state index is 11.6. The van der Waals surface area contributed by atoms with Crippen LogP contribution in [0.5, 0.6) is 0 Å². The zero-order chi connectivity index (χ0) is 15.1. The zero-order valence-electron chi connectivity index (χ0n) is 11.9. The first-order valence-electron chi connectivity index (χ1n) is 6.20. The molecule has 1 unspecified atom stereocenters. The van der Waals surface area contributed by atoms with Gasteiger partial charge in [-0.2, -0.15) is 0 Å². The highest BCUT2D eigenvalue weighted by Crippen LogP contribution is 2.12. The highest BCUT2D eigenvalue weighted by atomic mass is 35.5. The summed E-state index contributed by atoms with van der Waals surface area (Å²) in [6.07, 6.45) is 0. The number of carbonyl (C=O) groups excluding carboxylic acids is 2. The van der Waals surface area contributed by atoms with Gasteiger partial charge < -0.3 is 10.1 Å². The summed E-state index contributed by atoms with van der Waals surface area (Å²) in [6, 6.07) is 6.82. The van der Waals surface area contributed by atoms with Gasteiger partial charge in [-0.1, -0.05) is 23.7 Å². The summed E-state index contributed by atoms with van der Waals surface area (Å²) in [5.74, 6) is -0.727. The van der Waals surface area contributed by atoms with Gasteiger partial charge in [-0.15, -0.1) is 0 Å². The standard InChI is InChI=1S/C14H19ClN2O3/c1-10(18)16-13(14(19)20-3)9-17(2)8-11-5-4-6-12(15)7-11/h4-7,13H,8-9H2,1-3H3,(H,16,18). The number of hydrogen-bond donors (Lipinski definition) is 1. The van der Waals surface area contributed by atoms with E-state index in [1.165, 1.54) is 14.0 Å². The van der Waals surface area contributed by atoms with Crippen molar-refractivity contribution in [1.29, 1.82) is 0 Å². The molecule has 1 atom stereocenters. The topological polar surface area (TPSA) is 58.6 Å². The fourth-order valence-corrected chi connectivity index (χ4v) is 2.10. The third-order valence-corrected chi connectivity index (χ3v) is 2.93. The molecule has 0 fully saturated rings. The first-order valence-corrected chi connectivity index (χ1v) is 6.58. The van der Waals surface area contributed by atoms with E-state index in [2.05, 4.69) is 10.1 Å². The molecule has 0 saturated carbocycles. The molecule has 1 rings (SSSR count). The molecule has 0 spiro atoms. The van der Waals surface area contributed by atoms with Crippen molar-refractivity contribution in [3.05, 3.63) is 34.9 Å². The van der Waals surface area contributed by atoms with E-state index in [0.29, 0.717) is 18.1 Å². The second kappa shape index (κ2) is 7.87. The Morgan fingerprint density at radius 1 is 1.45 bits per heavy atom. The Labute approximate surface area is 123 Å². The molecule has 0 aliphatic heterocycles. The van der Waals surface area contributed by atoms with Crippen LogP contribution in [0.1, 0.15) is 12.5 Å². The monoisotopic (exact) mass is 298 g/mol. The largest absolute Gasteiger partial charge is 0.467 e. The molecular weight excluding hydrogens is 280 g/mol. The van der Waals surface area contributed by atoms with Crippen LogP contribution in [-0.2, 0) is 20.9 Å². The summed E-state index contributed by atoms with van der Waals surface area (Å²) in [5.41, 5.74) is 1.03. The highest BCUT2D eigenvalue weighted by molar-refractivity contribution is 6.30. The predicted octanol–water partition coefficient (Wildman–Crippen LogP) is 1.45. The maximum Gasteiger partial charge on any atom is 0.329 e. The second-order valence-corrected chi connectivity index (χ2v) is 5.04. The number of amides is 1. The molecule has 1 aromatic carbocycles. The molecule has 0 bridgehead atoms. The lowest BCUT2D eigenvalue weighted by molar-refractivity contribution is -0.145. The SMILES string of the molecule is COC(=O)C(CN(C)Cc1cccc(Cl)c1)NC(C)=O. The predicted molar refractivity (Wildman–Crippen MR) is 77.4 cm³/mol. The number of rotatable bonds is 6. The van der Waals surface area contributed by atoms with Crippen molar-refractivity contribution < 1.29 is 14.3 Å². The van der Waals surface area contributed by atoms with Gasteiger partial charge in [0.05, 0.1) is 7.11 Å². The van der Waals surface area contributed by atoms with Crippen molar-refractivity contribution in [1.82, 2.24) is 10.2 Å². The van der Waals surface area contributed by atoms with Crippen LogP contribution in [-0.4, -0.2) is 43.5 Å². The number of ether oxygens (including phenoxy) is 1. The number of carbonyl (C=O) groups is 2. The fraction of sp³-hybridized carbons (Fsp3) is 0.429. The lowest BCUT2D eigenvalue weighted by Gasteiger charge is -2.23. The van der Waals surface area contributed by atoms with Gasteiger partial charge in [-0.25, -0.2) is 4.79 Å². The van der Waals surface area contributed by atoms with Crippen molar-refractivity contribution in [2.24, 2.45) is 0 Å². The zero-order valence-corrected chi connectivity index (χ0v) is 12.6. The van der Waals surface area contributed by atoms with Crippen LogP contribution in [0.25, 0.3) is 0 Å². The number of methoxy groups -OCH3 is 1. The van der Waals surface area contributed by atoms with E-state index >= 15 is 0 Å². The average molecular weight is 299 g/mol. The molecule has 5 nitrogen and oxygen atoms in total. The van der Waals surface area contributed by atoms with Crippen LogP contribution >= 0.6 is 11.6 Å². The van der Waals surface area contributed by atoms with Gasteiger partial charge in [0.25, 0.3) is 0 Å². The molecule has 0 aromatic heterocycles. The molecule has 110 valence electrons. The van der Waals surface area contributed by atoms with Crippen LogP contribution in [0.4, 0.5) is 0 Å². The average Bonchev–Trinajstić information content (AvgIpc) is 2.36. The minimum absolute atomic E-state index is 0.267. The molecule has 0 radical (unpaired) electrons. The summed E-state index contributed by atoms with van der Waals surface area (Å²) in [4.78, 5) is 24.6. The van der Waals surface area contributed by atoms with E-state index in [9.17, 15) is 9.59 Å². The second-order valence-electron chi connectivity index (χ2n) is 4.60. The number of hydrogen-bond acceptors (Lipinski definition) is 4. The van der Waals surface area contributed by atoms with E-state index in [-0.39, 0.29) is 5.91 Å². The lowest BCUT2D eigenvalue weighted by Crippen LogP contribution is -2.47. The number of nitrogens with zero attached hydrogens (tertiary/aromatic N) is 1. The van der Waals surface area contributed by atoms with E-state index in [1.54, 1.807) is 6.07 Å². The van der Waals surface area contributed by atoms with Crippen LogP contribution < -0.4 is 5.32 Å². The Bertz CT molecular complexity index is 479. The van der Waals surface area contributed by atoms with Crippen molar-refractivity contribution in [3.8, 4) is 0 Å². The van der Waals surface area contributed by atoms with E-state index in [1.807, 2.05) is 30.1 Å². The molecule has 0 heterocycles. The molecule has 0 saturated heterocycles. The number of likely N-dealkylation sites (N-methyl/N-ethyl adjacent to an activating group) is 1. The smallest absolute Gasteiger partial charge is 0.329 e. The van der Waals surface area contributed by atoms with Gasteiger partial charge in [-0.3, -0.25) is 9.69 Å². The minimum atomic E-state index is -0.679. The van der Waals surface area contributed by atoms with Gasteiger partial charge in [0.15, 0.2) is 0 Å². The third-order valence-electron chi connectivity index (χ3n) is 2.70. The fourth-order valence-electron chi connectivity index (χ4n) is 1.89. The molecule has 1 N–H and O–H groups in total. The quantitative estimate of drug-likeness (QED) is 0.808. The van der Waals surface area contributed by atoms with Crippen LogP contribution in [0, 0.1) is 0 Å². The van der Waals surface area contributed by atoms with Gasteiger partial charge >= 0.3 is 5.97 Å². The summed E-state index contributed by atoms with van der Waals surface area (Å²) in [7, 11) is 3.16. The van der Waals surface area contributed by atoms with Gasteiger partial charge in [-0.05, 0) is 24.7 Å². The molecule has 0 aliphatic carbocycles. The summed E-state index contributed by atoms with van der Waals surface area (Å²) in [6.45, 7) is 2.35. The molecule has 1 aromatic rings. The Kier molecular flexibility index (Phi) is 6.48. The van der Waals surface area contributed by atoms with Gasteiger partial charge in [0.2, 0.25) is 5.91 Å². The van der Waals surface area contributed by atoms with Crippen molar-refractivity contribution in [3.63, 3.8) is 0 Å². The molecule has 6 heteroatoms. The normalized spacial score (nSPS) is 12.1. The van der Waals surface area contributed by atoms with Crippen molar-refractivity contribution >= 4 is 23.5 Å². The summed E-state index contributed by atoms with van der Waals surface area (Å²) < 4.78 is 4.68. The molecule has 0 aliphatic rings. The first kappa shape index (κ1) is 16.5. The molecule has 1 amide bonds. The Morgan fingerprint density at radius 2 is 2.15 bits per heavy atom. The molecular formula is C14H19ClN2O3. The number of halogens is 1. The van der Waals surface area contributed by atoms with Crippen LogP contribution in [0.15, 0.2) is 24.3 Å². The van der Waals surface area contributed by atoms with Gasteiger partial charge in [0.1, 0.15) is 6.04 Å². The highest BCUT2D eigenvalue weighted by Gasteiger charge is 2.21. The minimum Gasteiger partial charge on any atom is -0.467 e. The Hall–Kier alpha value is -1.59.